The molecule has 0 aromatic heterocycles. The smallest absolute Gasteiger partial charge is 0.334 e. The average molecular weight is 522 g/mol. The SMILES string of the molecule is CCCC[C@H]1C(=O)N(CCOCc2ccccc2)C[C@H]2N1C(=O)CN(CC)N2C(=O)NCc1ccccc1. The molecule has 9 heteroatoms. The monoisotopic (exact) mass is 521 g/mol. The number of amides is 4. The van der Waals surface area contributed by atoms with Gasteiger partial charge >= 0.3 is 6.03 Å². The van der Waals surface area contributed by atoms with Crippen molar-refractivity contribution in [2.45, 2.75) is 58.5 Å². The molecule has 4 rings (SSSR count). The Balaban J connectivity index is 1.50. The third-order valence-corrected chi connectivity index (χ3v) is 7.14. The molecule has 0 saturated carbocycles. The number of benzene rings is 2. The molecule has 1 N–H and O–H groups in total. The van der Waals surface area contributed by atoms with Crippen LogP contribution in [0.2, 0.25) is 0 Å². The van der Waals surface area contributed by atoms with E-state index < -0.39 is 12.2 Å². The molecule has 2 aromatic rings. The van der Waals surface area contributed by atoms with Crippen LogP contribution in [0.15, 0.2) is 60.7 Å². The summed E-state index contributed by atoms with van der Waals surface area (Å²) in [5.41, 5.74) is 2.06. The molecule has 0 radical (unpaired) electrons. The number of carbonyl (C=O) groups excluding carboxylic acids is 3. The predicted octanol–water partition coefficient (Wildman–Crippen LogP) is 3.22. The highest BCUT2D eigenvalue weighted by Crippen LogP contribution is 2.28. The number of nitrogens with one attached hydrogen (secondary N) is 1. The normalized spacial score (nSPS) is 20.0. The zero-order chi connectivity index (χ0) is 26.9. The summed E-state index contributed by atoms with van der Waals surface area (Å²) in [6.07, 6.45) is 1.74. The Labute approximate surface area is 225 Å². The van der Waals surface area contributed by atoms with Gasteiger partial charge in [-0.25, -0.2) is 14.8 Å². The minimum atomic E-state index is -0.584. The molecule has 0 bridgehead atoms. The molecule has 2 fully saturated rings. The molecule has 0 spiro atoms. The number of ether oxygens (including phenoxy) is 1. The van der Waals surface area contributed by atoms with Crippen molar-refractivity contribution in [2.24, 2.45) is 0 Å². The van der Waals surface area contributed by atoms with E-state index in [-0.39, 0.29) is 30.9 Å². The van der Waals surface area contributed by atoms with E-state index in [4.69, 9.17) is 4.74 Å². The number of hydrogen-bond donors (Lipinski definition) is 1. The second-order valence-corrected chi connectivity index (χ2v) is 9.73. The van der Waals surface area contributed by atoms with E-state index in [1.807, 2.05) is 67.6 Å². The summed E-state index contributed by atoms with van der Waals surface area (Å²) in [4.78, 5) is 43.9. The second-order valence-electron chi connectivity index (χ2n) is 9.73. The lowest BCUT2D eigenvalue weighted by atomic mass is 10.0. The third-order valence-electron chi connectivity index (χ3n) is 7.14. The number of unbranched alkanes of at least 4 members (excludes halogenated alkanes) is 1. The molecule has 38 heavy (non-hydrogen) atoms. The maximum Gasteiger partial charge on any atom is 0.334 e. The van der Waals surface area contributed by atoms with Gasteiger partial charge in [-0.3, -0.25) is 9.59 Å². The zero-order valence-corrected chi connectivity index (χ0v) is 22.4. The molecule has 2 atom stereocenters. The zero-order valence-electron chi connectivity index (χ0n) is 22.4. The van der Waals surface area contributed by atoms with E-state index in [0.29, 0.717) is 39.3 Å². The van der Waals surface area contributed by atoms with E-state index in [1.165, 1.54) is 0 Å². The molecule has 4 amide bonds. The Morgan fingerprint density at radius 1 is 1.00 bits per heavy atom. The van der Waals surface area contributed by atoms with E-state index in [2.05, 4.69) is 12.2 Å². The van der Waals surface area contributed by atoms with Gasteiger partial charge in [-0.15, -0.1) is 0 Å². The van der Waals surface area contributed by atoms with Gasteiger partial charge in [-0.05, 0) is 17.5 Å². The number of carbonyl (C=O) groups is 3. The lowest BCUT2D eigenvalue weighted by molar-refractivity contribution is -0.190. The molecule has 2 aliphatic heterocycles. The first kappa shape index (κ1) is 27.6. The van der Waals surface area contributed by atoms with Crippen LogP contribution in [-0.4, -0.2) is 82.7 Å². The molecule has 2 aromatic carbocycles. The molecule has 0 unspecified atom stereocenters. The average Bonchev–Trinajstić information content (AvgIpc) is 2.94. The molecule has 204 valence electrons. The molecular weight excluding hydrogens is 482 g/mol. The summed E-state index contributed by atoms with van der Waals surface area (Å²) in [5, 5.41) is 6.44. The highest BCUT2D eigenvalue weighted by atomic mass is 16.5. The fraction of sp³-hybridized carbons (Fsp3) is 0.483. The van der Waals surface area contributed by atoms with Crippen LogP contribution in [-0.2, 0) is 27.5 Å². The van der Waals surface area contributed by atoms with Gasteiger partial charge in [0.05, 0.1) is 26.3 Å². The topological polar surface area (TPSA) is 85.4 Å². The number of fused-ring (bicyclic) bond motifs is 1. The lowest BCUT2D eigenvalue weighted by Gasteiger charge is -2.55. The fourth-order valence-corrected chi connectivity index (χ4v) is 5.13. The van der Waals surface area contributed by atoms with E-state index in [0.717, 1.165) is 24.0 Å². The Morgan fingerprint density at radius 2 is 1.68 bits per heavy atom. The Morgan fingerprint density at radius 3 is 2.34 bits per heavy atom. The first-order valence-corrected chi connectivity index (χ1v) is 13.6. The largest absolute Gasteiger partial charge is 0.375 e. The van der Waals surface area contributed by atoms with Gasteiger partial charge in [0.1, 0.15) is 12.2 Å². The van der Waals surface area contributed by atoms with Gasteiger partial charge in [0.2, 0.25) is 11.8 Å². The summed E-state index contributed by atoms with van der Waals surface area (Å²) in [5.74, 6) is -0.181. The number of likely N-dealkylation sites (N-methyl/N-ethyl adjacent to an activating group) is 1. The maximum absolute atomic E-state index is 13.6. The van der Waals surface area contributed by atoms with E-state index in [9.17, 15) is 14.4 Å². The van der Waals surface area contributed by atoms with Gasteiger partial charge in [0.15, 0.2) is 0 Å². The second kappa shape index (κ2) is 13.4. The quantitative estimate of drug-likeness (QED) is 0.459. The van der Waals surface area contributed by atoms with Crippen LogP contribution in [0.4, 0.5) is 4.79 Å². The number of rotatable bonds is 11. The molecule has 2 heterocycles. The maximum atomic E-state index is 13.6. The summed E-state index contributed by atoms with van der Waals surface area (Å²) < 4.78 is 5.87. The van der Waals surface area contributed by atoms with Crippen molar-refractivity contribution in [3.05, 3.63) is 71.8 Å². The highest BCUT2D eigenvalue weighted by Gasteiger charge is 2.50. The molecule has 0 aliphatic carbocycles. The fourth-order valence-electron chi connectivity index (χ4n) is 5.13. The van der Waals surface area contributed by atoms with Crippen LogP contribution in [0.25, 0.3) is 0 Å². The van der Waals surface area contributed by atoms with Crippen molar-refractivity contribution >= 4 is 17.8 Å². The Bertz CT molecular complexity index is 1070. The molecule has 2 aliphatic rings. The molecular formula is C29H39N5O4. The van der Waals surface area contributed by atoms with Crippen LogP contribution in [0.1, 0.15) is 44.2 Å². The van der Waals surface area contributed by atoms with E-state index in [1.54, 1.807) is 19.8 Å². The minimum absolute atomic E-state index is 0.0686. The number of piperazine rings is 1. The van der Waals surface area contributed by atoms with Crippen LogP contribution >= 0.6 is 0 Å². The van der Waals surface area contributed by atoms with Gasteiger partial charge in [0.25, 0.3) is 0 Å². The van der Waals surface area contributed by atoms with Crippen LogP contribution in [0.3, 0.4) is 0 Å². The highest BCUT2D eigenvalue weighted by molar-refractivity contribution is 5.91. The van der Waals surface area contributed by atoms with Crippen molar-refractivity contribution in [3.8, 4) is 0 Å². The molecule has 9 nitrogen and oxygen atoms in total. The third kappa shape index (κ3) is 6.52. The number of hydrazine groups is 1. The Hall–Kier alpha value is -3.43. The first-order valence-electron chi connectivity index (χ1n) is 13.6. The molecule has 2 saturated heterocycles. The van der Waals surface area contributed by atoms with Crippen molar-refractivity contribution in [1.82, 2.24) is 25.1 Å². The van der Waals surface area contributed by atoms with Crippen molar-refractivity contribution in [3.63, 3.8) is 0 Å². The summed E-state index contributed by atoms with van der Waals surface area (Å²) in [7, 11) is 0. The van der Waals surface area contributed by atoms with Crippen molar-refractivity contribution < 1.29 is 19.1 Å². The standard InChI is InChI=1S/C29H39N5O4/c1-3-5-16-25-28(36)31(17-18-38-22-24-14-10-7-11-15-24)20-26-33(25)27(35)21-32(4-2)34(26)29(37)30-19-23-12-8-6-9-13-23/h6-15,25-26H,3-5,16-22H2,1-2H3,(H,30,37)/t25-,26-/m0/s1. The summed E-state index contributed by atoms with van der Waals surface area (Å²) in [6.45, 7) is 6.44. The number of urea groups is 1. The Kier molecular flexibility index (Phi) is 9.73. The van der Waals surface area contributed by atoms with Crippen LogP contribution in [0.5, 0.6) is 0 Å². The van der Waals surface area contributed by atoms with Gasteiger partial charge in [0, 0.05) is 19.6 Å². The first-order chi connectivity index (χ1) is 18.5. The van der Waals surface area contributed by atoms with Gasteiger partial charge in [-0.2, -0.15) is 0 Å². The summed E-state index contributed by atoms with van der Waals surface area (Å²) in [6, 6.07) is 18.8. The van der Waals surface area contributed by atoms with Crippen LogP contribution in [0, 0.1) is 0 Å². The predicted molar refractivity (Wildman–Crippen MR) is 144 cm³/mol. The number of nitrogens with zero attached hydrogens (tertiary/aromatic N) is 4. The van der Waals surface area contributed by atoms with Crippen molar-refractivity contribution in [1.29, 1.82) is 0 Å². The number of hydrogen-bond acceptors (Lipinski definition) is 5. The van der Waals surface area contributed by atoms with Gasteiger partial charge in [-0.1, -0.05) is 87.4 Å². The van der Waals surface area contributed by atoms with Gasteiger partial charge < -0.3 is 19.9 Å². The van der Waals surface area contributed by atoms with Crippen LogP contribution < -0.4 is 5.32 Å². The van der Waals surface area contributed by atoms with Crippen molar-refractivity contribution in [2.75, 3.05) is 32.8 Å². The lowest BCUT2D eigenvalue weighted by Crippen LogP contribution is -2.76. The minimum Gasteiger partial charge on any atom is -0.375 e. The summed E-state index contributed by atoms with van der Waals surface area (Å²) >= 11 is 0. The van der Waals surface area contributed by atoms with E-state index >= 15 is 0 Å².